The fraction of sp³-hybridized carbons (Fsp3) is 0.833. The molecule has 0 spiro atoms. The van der Waals surface area contributed by atoms with Crippen LogP contribution in [0, 0.1) is 5.92 Å². The van der Waals surface area contributed by atoms with Crippen molar-refractivity contribution < 1.29 is 14.3 Å². The predicted octanol–water partition coefficient (Wildman–Crippen LogP) is 0.196. The largest absolute Gasteiger partial charge is 0.377 e. The molecule has 2 N–H and O–H groups in total. The van der Waals surface area contributed by atoms with Gasteiger partial charge in [0.15, 0.2) is 0 Å². The fourth-order valence-corrected chi connectivity index (χ4v) is 2.53. The lowest BCUT2D eigenvalue weighted by molar-refractivity contribution is -0.129. The summed E-state index contributed by atoms with van der Waals surface area (Å²) in [7, 11) is 0. The van der Waals surface area contributed by atoms with Gasteiger partial charge in [-0.1, -0.05) is 25.7 Å². The minimum Gasteiger partial charge on any atom is -0.377 e. The molecule has 1 unspecified atom stereocenters. The molecule has 0 radical (unpaired) electrons. The predicted molar refractivity (Wildman–Crippen MR) is 62.3 cm³/mol. The highest BCUT2D eigenvalue weighted by atomic mass is 16.5. The van der Waals surface area contributed by atoms with Gasteiger partial charge in [-0.2, -0.15) is 0 Å². The first kappa shape index (κ1) is 12.4. The van der Waals surface area contributed by atoms with Crippen molar-refractivity contribution in [1.82, 2.24) is 10.6 Å². The van der Waals surface area contributed by atoms with E-state index in [-0.39, 0.29) is 18.0 Å². The van der Waals surface area contributed by atoms with E-state index in [0.717, 1.165) is 6.42 Å². The molecule has 1 heterocycles. The Hall–Kier alpha value is -1.10. The Balaban J connectivity index is 1.80. The molecule has 0 bridgehead atoms. The van der Waals surface area contributed by atoms with Crippen LogP contribution in [-0.4, -0.2) is 37.6 Å². The average Bonchev–Trinajstić information content (AvgIpc) is 2.75. The van der Waals surface area contributed by atoms with E-state index in [1.807, 2.05) is 0 Å². The molecule has 1 aliphatic heterocycles. The molecular formula is C12H20N2O3. The Morgan fingerprint density at radius 2 is 2.06 bits per heavy atom. The van der Waals surface area contributed by atoms with Gasteiger partial charge < -0.3 is 15.4 Å². The smallest absolute Gasteiger partial charge is 0.242 e. The van der Waals surface area contributed by atoms with Gasteiger partial charge in [0.2, 0.25) is 12.3 Å². The molecule has 0 aromatic heterocycles. The summed E-state index contributed by atoms with van der Waals surface area (Å²) in [5.41, 5.74) is 0. The Bertz CT molecular complexity index is 273. The van der Waals surface area contributed by atoms with Crippen molar-refractivity contribution >= 4 is 12.3 Å². The van der Waals surface area contributed by atoms with Crippen LogP contribution < -0.4 is 10.6 Å². The van der Waals surface area contributed by atoms with Crippen LogP contribution >= 0.6 is 0 Å². The lowest BCUT2D eigenvalue weighted by Gasteiger charge is -2.29. The highest BCUT2D eigenvalue weighted by Gasteiger charge is 2.28. The summed E-state index contributed by atoms with van der Waals surface area (Å²) in [5, 5.41) is 5.52. The van der Waals surface area contributed by atoms with E-state index in [1.54, 1.807) is 0 Å². The maximum absolute atomic E-state index is 11.9. The van der Waals surface area contributed by atoms with E-state index in [0.29, 0.717) is 25.5 Å². The Kier molecular flexibility index (Phi) is 4.36. The van der Waals surface area contributed by atoms with Crippen molar-refractivity contribution in [2.24, 2.45) is 5.92 Å². The molecule has 1 atom stereocenters. The number of hydrogen-bond donors (Lipinski definition) is 2. The molecule has 0 aromatic rings. The summed E-state index contributed by atoms with van der Waals surface area (Å²) in [5.74, 6) is 0.508. The molecule has 5 nitrogen and oxygen atoms in total. The van der Waals surface area contributed by atoms with E-state index >= 15 is 0 Å². The van der Waals surface area contributed by atoms with Crippen LogP contribution in [0.3, 0.4) is 0 Å². The summed E-state index contributed by atoms with van der Waals surface area (Å²) < 4.78 is 5.00. The number of nitrogens with one attached hydrogen (secondary N) is 2. The third-order valence-electron chi connectivity index (χ3n) is 3.61. The van der Waals surface area contributed by atoms with Crippen LogP contribution in [0.5, 0.6) is 0 Å². The van der Waals surface area contributed by atoms with E-state index in [9.17, 15) is 9.59 Å². The minimum absolute atomic E-state index is 0.0719. The molecule has 2 fully saturated rings. The molecule has 1 aliphatic carbocycles. The zero-order chi connectivity index (χ0) is 12.1. The first-order chi connectivity index (χ1) is 8.29. The molecule has 2 aliphatic rings. The number of amides is 2. The van der Waals surface area contributed by atoms with E-state index < -0.39 is 0 Å². The normalized spacial score (nSPS) is 22.8. The van der Waals surface area contributed by atoms with Gasteiger partial charge in [-0.15, -0.1) is 0 Å². The molecule has 17 heavy (non-hydrogen) atoms. The van der Waals surface area contributed by atoms with Crippen LogP contribution in [0.25, 0.3) is 0 Å². The highest BCUT2D eigenvalue weighted by molar-refractivity contribution is 5.83. The van der Waals surface area contributed by atoms with Crippen molar-refractivity contribution in [3.05, 3.63) is 0 Å². The third kappa shape index (κ3) is 3.43. The summed E-state index contributed by atoms with van der Waals surface area (Å²) in [4.78, 5) is 22.5. The van der Waals surface area contributed by atoms with Gasteiger partial charge in [0, 0.05) is 0 Å². The van der Waals surface area contributed by atoms with Crippen LogP contribution in [0.1, 0.15) is 32.1 Å². The molecule has 1 saturated heterocycles. The van der Waals surface area contributed by atoms with Crippen molar-refractivity contribution in [1.29, 1.82) is 0 Å². The summed E-state index contributed by atoms with van der Waals surface area (Å²) in [6.07, 6.45) is 6.23. The fourth-order valence-electron chi connectivity index (χ4n) is 2.53. The molecule has 0 aromatic carbocycles. The Labute approximate surface area is 101 Å². The van der Waals surface area contributed by atoms with Crippen LogP contribution in [0.2, 0.25) is 0 Å². The zero-order valence-corrected chi connectivity index (χ0v) is 9.98. The molecule has 96 valence electrons. The monoisotopic (exact) mass is 240 g/mol. The van der Waals surface area contributed by atoms with E-state index in [1.165, 1.54) is 25.7 Å². The zero-order valence-electron chi connectivity index (χ0n) is 9.98. The third-order valence-corrected chi connectivity index (χ3v) is 3.61. The van der Waals surface area contributed by atoms with Gasteiger partial charge in [-0.25, -0.2) is 0 Å². The van der Waals surface area contributed by atoms with Crippen LogP contribution in [-0.2, 0) is 14.3 Å². The first-order valence-corrected chi connectivity index (χ1v) is 6.37. The van der Waals surface area contributed by atoms with Crippen molar-refractivity contribution in [3.63, 3.8) is 0 Å². The Morgan fingerprint density at radius 3 is 2.59 bits per heavy atom. The lowest BCUT2D eigenvalue weighted by atomic mass is 9.97. The SMILES string of the molecule is O=CNC(CC1CCCC1)C(=O)NC1COC1. The van der Waals surface area contributed by atoms with Gasteiger partial charge in [0.1, 0.15) is 6.04 Å². The molecule has 1 saturated carbocycles. The van der Waals surface area contributed by atoms with E-state index in [4.69, 9.17) is 4.74 Å². The summed E-state index contributed by atoms with van der Waals surface area (Å²) >= 11 is 0. The Morgan fingerprint density at radius 1 is 1.35 bits per heavy atom. The number of carbonyl (C=O) groups is 2. The first-order valence-electron chi connectivity index (χ1n) is 6.37. The molecule has 2 amide bonds. The number of carbonyl (C=O) groups excluding carboxylic acids is 2. The maximum atomic E-state index is 11.9. The van der Waals surface area contributed by atoms with Gasteiger partial charge in [0.25, 0.3) is 0 Å². The molecule has 5 heteroatoms. The number of rotatable bonds is 6. The highest BCUT2D eigenvalue weighted by Crippen LogP contribution is 2.28. The topological polar surface area (TPSA) is 67.4 Å². The van der Waals surface area contributed by atoms with Gasteiger partial charge in [-0.3, -0.25) is 9.59 Å². The lowest BCUT2D eigenvalue weighted by Crippen LogP contribution is -2.54. The van der Waals surface area contributed by atoms with Gasteiger partial charge in [0.05, 0.1) is 19.3 Å². The minimum atomic E-state index is -0.379. The van der Waals surface area contributed by atoms with Gasteiger partial charge >= 0.3 is 0 Å². The number of hydrogen-bond acceptors (Lipinski definition) is 3. The second kappa shape index (κ2) is 6.00. The van der Waals surface area contributed by atoms with Crippen molar-refractivity contribution in [2.75, 3.05) is 13.2 Å². The second-order valence-corrected chi connectivity index (χ2v) is 4.97. The summed E-state index contributed by atoms with van der Waals surface area (Å²) in [6.45, 7) is 1.17. The van der Waals surface area contributed by atoms with Crippen LogP contribution in [0.4, 0.5) is 0 Å². The summed E-state index contributed by atoms with van der Waals surface area (Å²) in [6, 6.07) is -0.252. The number of ether oxygens (including phenoxy) is 1. The van der Waals surface area contributed by atoms with Gasteiger partial charge in [-0.05, 0) is 12.3 Å². The molecular weight excluding hydrogens is 220 g/mol. The standard InChI is InChI=1S/C12H20N2O3/c15-8-13-11(5-9-3-1-2-4-9)12(16)14-10-6-17-7-10/h8-11H,1-7H2,(H,13,15)(H,14,16). The second-order valence-electron chi connectivity index (χ2n) is 4.97. The quantitative estimate of drug-likeness (QED) is 0.652. The van der Waals surface area contributed by atoms with Crippen molar-refractivity contribution in [3.8, 4) is 0 Å². The van der Waals surface area contributed by atoms with Crippen LogP contribution in [0.15, 0.2) is 0 Å². The average molecular weight is 240 g/mol. The maximum Gasteiger partial charge on any atom is 0.242 e. The van der Waals surface area contributed by atoms with Crippen molar-refractivity contribution in [2.45, 2.75) is 44.2 Å². The molecule has 2 rings (SSSR count). The van der Waals surface area contributed by atoms with E-state index in [2.05, 4.69) is 10.6 Å².